The molecular formula is C44H44N4O. The summed E-state index contributed by atoms with van der Waals surface area (Å²) in [4.78, 5) is 23.7. The maximum atomic E-state index is 13.9. The molecule has 5 aromatic rings. The van der Waals surface area contributed by atoms with E-state index in [0.717, 1.165) is 77.9 Å². The molecule has 5 nitrogen and oxygen atoms in total. The number of aryl methyl sites for hydroxylation is 1. The highest BCUT2D eigenvalue weighted by molar-refractivity contribution is 5.84. The second-order valence-electron chi connectivity index (χ2n) is 14.0. The minimum absolute atomic E-state index is 0.102. The van der Waals surface area contributed by atoms with Crippen molar-refractivity contribution in [2.24, 2.45) is 18.9 Å². The first-order chi connectivity index (χ1) is 23.9. The number of benzene rings is 3. The molecule has 2 atom stereocenters. The fourth-order valence-electron chi connectivity index (χ4n) is 7.86. The van der Waals surface area contributed by atoms with Gasteiger partial charge in [0, 0.05) is 50.1 Å². The van der Waals surface area contributed by atoms with E-state index < -0.39 is 0 Å². The predicted molar refractivity (Wildman–Crippen MR) is 198 cm³/mol. The van der Waals surface area contributed by atoms with Gasteiger partial charge >= 0.3 is 0 Å². The SMILES string of the molecule is C#Cc1cnc(C[C@H]2CC[C@H](C(C(=O)NCc3ccccc3)c3ccc(-c4ccn(C)c4)cc3)CC2)nc1-c1ccc2c(c1)CC(=C)C2C. The Labute approximate surface area is 290 Å². The van der Waals surface area contributed by atoms with Crippen molar-refractivity contribution in [1.29, 1.82) is 0 Å². The van der Waals surface area contributed by atoms with Gasteiger partial charge in [0.2, 0.25) is 5.91 Å². The first-order valence-corrected chi connectivity index (χ1v) is 17.5. The van der Waals surface area contributed by atoms with Gasteiger partial charge in [0.25, 0.3) is 0 Å². The molecule has 5 heteroatoms. The normalized spacial score (nSPS) is 19.2. The third kappa shape index (κ3) is 7.01. The van der Waals surface area contributed by atoms with Gasteiger partial charge in [-0.2, -0.15) is 0 Å². The van der Waals surface area contributed by atoms with E-state index in [2.05, 4.69) is 102 Å². The fraction of sp³-hybridized carbons (Fsp3) is 0.295. The molecule has 2 unspecified atom stereocenters. The molecule has 2 aromatic heterocycles. The molecule has 3 aromatic carbocycles. The average Bonchev–Trinajstić information content (AvgIpc) is 3.70. The third-order valence-corrected chi connectivity index (χ3v) is 10.8. The highest BCUT2D eigenvalue weighted by atomic mass is 16.1. The van der Waals surface area contributed by atoms with E-state index in [9.17, 15) is 4.79 Å². The van der Waals surface area contributed by atoms with E-state index in [-0.39, 0.29) is 17.7 Å². The minimum Gasteiger partial charge on any atom is -0.357 e. The zero-order valence-electron chi connectivity index (χ0n) is 28.5. The summed E-state index contributed by atoms with van der Waals surface area (Å²) in [5.41, 5.74) is 11.0. The van der Waals surface area contributed by atoms with E-state index in [1.165, 1.54) is 22.3 Å². The van der Waals surface area contributed by atoms with Gasteiger partial charge in [0.15, 0.2) is 0 Å². The van der Waals surface area contributed by atoms with Crippen molar-refractivity contribution in [2.45, 2.75) is 63.8 Å². The largest absolute Gasteiger partial charge is 0.357 e. The van der Waals surface area contributed by atoms with Crippen LogP contribution in [-0.2, 0) is 31.2 Å². The Morgan fingerprint density at radius 1 is 1.00 bits per heavy atom. The quantitative estimate of drug-likeness (QED) is 0.129. The summed E-state index contributed by atoms with van der Waals surface area (Å²) in [7, 11) is 2.03. The monoisotopic (exact) mass is 644 g/mol. The number of carbonyl (C=O) groups excluding carboxylic acids is 1. The molecule has 1 fully saturated rings. The summed E-state index contributed by atoms with van der Waals surface area (Å²) in [6, 6.07) is 27.5. The second-order valence-corrected chi connectivity index (χ2v) is 14.0. The van der Waals surface area contributed by atoms with Crippen LogP contribution in [0.1, 0.15) is 78.1 Å². The summed E-state index contributed by atoms with van der Waals surface area (Å²) < 4.78 is 2.06. The number of terminal acetylenes is 1. The molecule has 0 bridgehead atoms. The van der Waals surface area contributed by atoms with E-state index in [4.69, 9.17) is 16.4 Å². The lowest BCUT2D eigenvalue weighted by molar-refractivity contribution is -0.124. The maximum Gasteiger partial charge on any atom is 0.228 e. The lowest BCUT2D eigenvalue weighted by Crippen LogP contribution is -2.35. The average molecular weight is 645 g/mol. The van der Waals surface area contributed by atoms with Crippen molar-refractivity contribution in [1.82, 2.24) is 19.9 Å². The Balaban J connectivity index is 1.06. The summed E-state index contributed by atoms with van der Waals surface area (Å²) in [6.45, 7) is 7.01. The van der Waals surface area contributed by atoms with E-state index in [1.807, 2.05) is 31.4 Å². The number of rotatable bonds is 9. The summed E-state index contributed by atoms with van der Waals surface area (Å²) in [5.74, 6) is 4.65. The van der Waals surface area contributed by atoms with Crippen molar-refractivity contribution in [2.75, 3.05) is 0 Å². The van der Waals surface area contributed by atoms with Crippen LogP contribution in [-0.4, -0.2) is 20.4 Å². The van der Waals surface area contributed by atoms with Crippen LogP contribution in [0.25, 0.3) is 22.4 Å². The van der Waals surface area contributed by atoms with Crippen molar-refractivity contribution < 1.29 is 4.79 Å². The van der Waals surface area contributed by atoms with Gasteiger partial charge in [-0.05, 0) is 89.5 Å². The molecule has 246 valence electrons. The number of carbonyl (C=O) groups is 1. The highest BCUT2D eigenvalue weighted by Crippen LogP contribution is 2.41. The van der Waals surface area contributed by atoms with Gasteiger partial charge < -0.3 is 9.88 Å². The van der Waals surface area contributed by atoms with E-state index >= 15 is 0 Å². The third-order valence-electron chi connectivity index (χ3n) is 10.8. The van der Waals surface area contributed by atoms with Crippen LogP contribution in [0.15, 0.2) is 110 Å². The Bertz CT molecular complexity index is 2010. The van der Waals surface area contributed by atoms with Crippen LogP contribution >= 0.6 is 0 Å². The van der Waals surface area contributed by atoms with Gasteiger partial charge in [0.05, 0.1) is 17.2 Å². The van der Waals surface area contributed by atoms with Crippen molar-refractivity contribution >= 4 is 5.91 Å². The molecule has 2 heterocycles. The molecule has 0 saturated heterocycles. The Kier molecular flexibility index (Phi) is 9.31. The fourth-order valence-corrected chi connectivity index (χ4v) is 7.86. The zero-order valence-corrected chi connectivity index (χ0v) is 28.5. The number of nitrogens with zero attached hydrogens (tertiary/aromatic N) is 3. The molecule has 0 aliphatic heterocycles. The standard InChI is InChI=1S/C44H44N4O/c1-5-33-27-45-41(47-43(33)37-19-20-40-30(3)29(2)23-39(40)25-37)24-31-11-13-35(14-12-31)42(44(49)46-26-32-9-7-6-8-10-32)36-17-15-34(16-18-36)38-21-22-48(4)28-38/h1,6-10,15-22,25,27-28,30-31,35,42H,2,11-14,23-24,26H2,3-4H3,(H,46,49)/t30?,31-,35-,42?. The van der Waals surface area contributed by atoms with Crippen LogP contribution in [0.2, 0.25) is 0 Å². The van der Waals surface area contributed by atoms with Crippen molar-refractivity contribution in [3.8, 4) is 34.7 Å². The van der Waals surface area contributed by atoms with Crippen LogP contribution < -0.4 is 5.32 Å². The summed E-state index contributed by atoms with van der Waals surface area (Å²) in [6.07, 6.45) is 17.6. The topological polar surface area (TPSA) is 59.8 Å². The van der Waals surface area contributed by atoms with Crippen LogP contribution in [0, 0.1) is 24.2 Å². The molecule has 1 amide bonds. The number of nitrogens with one attached hydrogen (secondary N) is 1. The van der Waals surface area contributed by atoms with Crippen LogP contribution in [0.3, 0.4) is 0 Å². The van der Waals surface area contributed by atoms with Gasteiger partial charge in [0.1, 0.15) is 5.82 Å². The van der Waals surface area contributed by atoms with Crippen molar-refractivity contribution in [3.63, 3.8) is 0 Å². The lowest BCUT2D eigenvalue weighted by atomic mass is 9.72. The Morgan fingerprint density at radius 2 is 1.76 bits per heavy atom. The summed E-state index contributed by atoms with van der Waals surface area (Å²) >= 11 is 0. The molecule has 1 N–H and O–H groups in total. The molecule has 49 heavy (non-hydrogen) atoms. The Morgan fingerprint density at radius 3 is 2.47 bits per heavy atom. The smallest absolute Gasteiger partial charge is 0.228 e. The molecule has 0 radical (unpaired) electrons. The molecule has 1 saturated carbocycles. The second kappa shape index (κ2) is 14.1. The van der Waals surface area contributed by atoms with Gasteiger partial charge in [-0.15, -0.1) is 6.42 Å². The number of hydrogen-bond donors (Lipinski definition) is 1. The lowest BCUT2D eigenvalue weighted by Gasteiger charge is -2.33. The van der Waals surface area contributed by atoms with Gasteiger partial charge in [-0.25, -0.2) is 9.97 Å². The van der Waals surface area contributed by atoms with Gasteiger partial charge in [-0.3, -0.25) is 4.79 Å². The van der Waals surface area contributed by atoms with Gasteiger partial charge in [-0.1, -0.05) is 91.7 Å². The molecule has 0 spiro atoms. The first kappa shape index (κ1) is 32.3. The predicted octanol–water partition coefficient (Wildman–Crippen LogP) is 8.80. The summed E-state index contributed by atoms with van der Waals surface area (Å²) in [5, 5.41) is 3.27. The highest BCUT2D eigenvalue weighted by Gasteiger charge is 2.34. The zero-order chi connectivity index (χ0) is 33.9. The number of fused-ring (bicyclic) bond motifs is 1. The minimum atomic E-state index is -0.203. The number of amides is 1. The van der Waals surface area contributed by atoms with Crippen molar-refractivity contribution in [3.05, 3.63) is 143 Å². The maximum absolute atomic E-state index is 13.9. The number of hydrogen-bond acceptors (Lipinski definition) is 3. The first-order valence-electron chi connectivity index (χ1n) is 17.5. The van der Waals surface area contributed by atoms with Crippen LogP contribution in [0.5, 0.6) is 0 Å². The Hall–Kier alpha value is -5.21. The molecule has 2 aliphatic rings. The molecular weight excluding hydrogens is 601 g/mol. The van der Waals surface area contributed by atoms with E-state index in [0.29, 0.717) is 18.4 Å². The molecule has 2 aliphatic carbocycles. The van der Waals surface area contributed by atoms with Crippen LogP contribution in [0.4, 0.5) is 0 Å². The molecule has 7 rings (SSSR count). The number of allylic oxidation sites excluding steroid dienone is 1. The number of aromatic nitrogens is 3. The van der Waals surface area contributed by atoms with E-state index in [1.54, 1.807) is 0 Å².